The van der Waals surface area contributed by atoms with Crippen molar-refractivity contribution in [2.75, 3.05) is 5.43 Å². The molecule has 0 aliphatic carbocycles. The van der Waals surface area contributed by atoms with E-state index in [2.05, 4.69) is 53.0 Å². The molecule has 0 amide bonds. The van der Waals surface area contributed by atoms with Crippen LogP contribution in [-0.4, -0.2) is 19.1 Å². The van der Waals surface area contributed by atoms with Crippen LogP contribution in [0.4, 0.5) is 5.69 Å². The van der Waals surface area contributed by atoms with E-state index in [9.17, 15) is 0 Å². The Morgan fingerprint density at radius 2 is 2.30 bits per heavy atom. The zero-order chi connectivity index (χ0) is 14.4. The van der Waals surface area contributed by atoms with Crippen LogP contribution in [0.3, 0.4) is 0 Å². The van der Waals surface area contributed by atoms with Gasteiger partial charge in [-0.3, -0.25) is 10.9 Å². The van der Waals surface area contributed by atoms with Gasteiger partial charge in [-0.25, -0.2) is 9.67 Å². The second-order valence-corrected chi connectivity index (χ2v) is 5.83. The highest BCUT2D eigenvalue weighted by Gasteiger charge is 2.04. The lowest BCUT2D eigenvalue weighted by atomic mass is 10.1. The number of aryl methyl sites for hydroxylation is 2. The van der Waals surface area contributed by atoms with Crippen LogP contribution < -0.4 is 10.9 Å². The Hall–Kier alpha value is -1.60. The third-order valence-electron chi connectivity index (χ3n) is 2.82. The fourth-order valence-electron chi connectivity index (χ4n) is 1.78. The monoisotopic (exact) mass is 307 g/mol. The highest BCUT2D eigenvalue weighted by atomic mass is 32.2. The molecule has 0 unspecified atom stereocenters. The van der Waals surface area contributed by atoms with Crippen LogP contribution in [0.25, 0.3) is 0 Å². The van der Waals surface area contributed by atoms with Crippen molar-refractivity contribution >= 4 is 34.0 Å². The van der Waals surface area contributed by atoms with E-state index in [1.54, 1.807) is 11.0 Å². The Kier molecular flexibility index (Phi) is 5.37. The fraction of sp³-hybridized carbons (Fsp3) is 0.308. The number of hydrogen-bond donors (Lipinski definition) is 2. The predicted octanol–water partition coefficient (Wildman–Crippen LogP) is 2.74. The van der Waals surface area contributed by atoms with Gasteiger partial charge < -0.3 is 0 Å². The van der Waals surface area contributed by atoms with Crippen LogP contribution in [-0.2, 0) is 12.3 Å². The van der Waals surface area contributed by atoms with Crippen LogP contribution in [0.15, 0.2) is 30.9 Å². The quantitative estimate of drug-likeness (QED) is 0.654. The summed E-state index contributed by atoms with van der Waals surface area (Å²) in [6.45, 7) is 4.21. The molecule has 5 nitrogen and oxygen atoms in total. The maximum atomic E-state index is 5.28. The predicted molar refractivity (Wildman–Crippen MR) is 87.5 cm³/mol. The van der Waals surface area contributed by atoms with Gasteiger partial charge in [0.1, 0.15) is 12.7 Å². The van der Waals surface area contributed by atoms with Crippen molar-refractivity contribution in [1.29, 1.82) is 0 Å². The van der Waals surface area contributed by atoms with Crippen LogP contribution in [0.5, 0.6) is 0 Å². The van der Waals surface area contributed by atoms with E-state index >= 15 is 0 Å². The number of hydrogen-bond acceptors (Lipinski definition) is 5. The van der Waals surface area contributed by atoms with Crippen molar-refractivity contribution in [1.82, 2.24) is 20.2 Å². The summed E-state index contributed by atoms with van der Waals surface area (Å²) in [6.07, 6.45) is 4.15. The van der Waals surface area contributed by atoms with Crippen LogP contribution >= 0.6 is 24.0 Å². The third kappa shape index (κ3) is 3.94. The van der Waals surface area contributed by atoms with Gasteiger partial charge in [0, 0.05) is 0 Å². The first-order valence-electron chi connectivity index (χ1n) is 6.30. The Balaban J connectivity index is 1.87. The molecule has 0 radical (unpaired) electrons. The van der Waals surface area contributed by atoms with Gasteiger partial charge in [-0.05, 0) is 24.5 Å². The summed E-state index contributed by atoms with van der Waals surface area (Å²) >= 11 is 6.77. The zero-order valence-corrected chi connectivity index (χ0v) is 13.1. The lowest BCUT2D eigenvalue weighted by molar-refractivity contribution is 0.751. The molecule has 0 bridgehead atoms. The first-order chi connectivity index (χ1) is 9.70. The van der Waals surface area contributed by atoms with E-state index < -0.39 is 0 Å². The molecular formula is C13H17N5S2. The zero-order valence-electron chi connectivity index (χ0n) is 11.5. The Bertz CT molecular complexity index is 568. The highest BCUT2D eigenvalue weighted by molar-refractivity contribution is 8.22. The molecule has 2 aromatic rings. The number of rotatable bonds is 5. The van der Waals surface area contributed by atoms with Crippen molar-refractivity contribution in [2.24, 2.45) is 0 Å². The maximum Gasteiger partial charge on any atom is 0.154 e. The Labute approximate surface area is 128 Å². The van der Waals surface area contributed by atoms with E-state index in [1.807, 2.05) is 0 Å². The van der Waals surface area contributed by atoms with Crippen LogP contribution in [0.2, 0.25) is 0 Å². The number of thiocarbonyl (C=S) groups is 1. The normalized spacial score (nSPS) is 10.3. The van der Waals surface area contributed by atoms with E-state index in [-0.39, 0.29) is 0 Å². The van der Waals surface area contributed by atoms with Gasteiger partial charge in [-0.2, -0.15) is 5.10 Å². The molecule has 1 aromatic heterocycles. The van der Waals surface area contributed by atoms with E-state index in [0.717, 1.165) is 12.1 Å². The molecule has 0 fully saturated rings. The van der Waals surface area contributed by atoms with Crippen LogP contribution in [0, 0.1) is 6.92 Å². The number of anilines is 1. The second kappa shape index (κ2) is 7.25. The summed E-state index contributed by atoms with van der Waals surface area (Å²) in [5.74, 6) is 0.641. The summed E-state index contributed by atoms with van der Waals surface area (Å²) in [6, 6.07) is 6.26. The molecule has 0 spiro atoms. The third-order valence-corrected chi connectivity index (χ3v) is 4.04. The molecule has 0 aliphatic rings. The van der Waals surface area contributed by atoms with E-state index in [1.165, 1.54) is 29.2 Å². The molecule has 0 aliphatic heterocycles. The average molecular weight is 307 g/mol. The maximum absolute atomic E-state index is 5.28. The molecule has 0 saturated carbocycles. The molecule has 7 heteroatoms. The minimum Gasteiger partial charge on any atom is -0.299 e. The summed E-state index contributed by atoms with van der Waals surface area (Å²) < 4.78 is 2.40. The van der Waals surface area contributed by atoms with Gasteiger partial charge in [0.2, 0.25) is 0 Å². The largest absolute Gasteiger partial charge is 0.299 e. The number of nitrogens with one attached hydrogen (secondary N) is 2. The molecule has 2 rings (SSSR count). The minimum atomic E-state index is 0.641. The molecule has 1 heterocycles. The molecule has 1 aromatic carbocycles. The van der Waals surface area contributed by atoms with Gasteiger partial charge in [-0.15, -0.1) is 0 Å². The number of hydrazine groups is 1. The van der Waals surface area contributed by atoms with E-state index in [4.69, 9.17) is 12.2 Å². The van der Waals surface area contributed by atoms with Gasteiger partial charge in [-0.1, -0.05) is 49.1 Å². The molecular weight excluding hydrogens is 290 g/mol. The van der Waals surface area contributed by atoms with Crippen LogP contribution in [0.1, 0.15) is 18.1 Å². The van der Waals surface area contributed by atoms with Gasteiger partial charge in [0.25, 0.3) is 0 Å². The topological polar surface area (TPSA) is 54.8 Å². The molecule has 106 valence electrons. The van der Waals surface area contributed by atoms with Crippen molar-refractivity contribution in [3.8, 4) is 0 Å². The lowest BCUT2D eigenvalue weighted by Crippen LogP contribution is -2.27. The smallest absolute Gasteiger partial charge is 0.154 e. The number of nitrogens with zero attached hydrogens (tertiary/aromatic N) is 3. The van der Waals surface area contributed by atoms with Crippen molar-refractivity contribution in [3.63, 3.8) is 0 Å². The number of thioether (sulfide) groups is 1. The summed E-state index contributed by atoms with van der Waals surface area (Å²) in [5, 5.41) is 4.02. The summed E-state index contributed by atoms with van der Waals surface area (Å²) in [5.41, 5.74) is 9.82. The first kappa shape index (κ1) is 14.8. The first-order valence-corrected chi connectivity index (χ1v) is 7.69. The van der Waals surface area contributed by atoms with Crippen molar-refractivity contribution < 1.29 is 0 Å². The SMILES string of the molecule is CCc1cccc(C)c1NNC(=S)SCn1cncn1. The standard InChI is InChI=1S/C13H17N5S2/c1-3-11-6-4-5-10(2)12(11)16-17-13(19)20-9-18-8-14-7-15-18/h4-8,16H,3,9H2,1-2H3,(H,17,19). The average Bonchev–Trinajstić information content (AvgIpc) is 2.96. The fourth-order valence-corrected chi connectivity index (χ4v) is 2.49. The molecule has 2 N–H and O–H groups in total. The lowest BCUT2D eigenvalue weighted by Gasteiger charge is -2.15. The second-order valence-electron chi connectivity index (χ2n) is 4.21. The number of benzene rings is 1. The minimum absolute atomic E-state index is 0.641. The summed E-state index contributed by atoms with van der Waals surface area (Å²) in [4.78, 5) is 3.89. The number of para-hydroxylation sites is 1. The Morgan fingerprint density at radius 1 is 1.45 bits per heavy atom. The highest BCUT2D eigenvalue weighted by Crippen LogP contribution is 2.20. The van der Waals surface area contributed by atoms with E-state index in [0.29, 0.717) is 10.2 Å². The van der Waals surface area contributed by atoms with Crippen molar-refractivity contribution in [3.05, 3.63) is 42.0 Å². The molecule has 20 heavy (non-hydrogen) atoms. The van der Waals surface area contributed by atoms with Gasteiger partial charge >= 0.3 is 0 Å². The van der Waals surface area contributed by atoms with Gasteiger partial charge in [0.05, 0.1) is 11.6 Å². The van der Waals surface area contributed by atoms with Crippen molar-refractivity contribution in [2.45, 2.75) is 26.1 Å². The Morgan fingerprint density at radius 3 is 3.00 bits per heavy atom. The number of aromatic nitrogens is 3. The molecule has 0 saturated heterocycles. The summed E-state index contributed by atoms with van der Waals surface area (Å²) in [7, 11) is 0. The van der Waals surface area contributed by atoms with Gasteiger partial charge in [0.15, 0.2) is 4.32 Å². The molecule has 0 atom stereocenters.